The molecule has 96 valence electrons. The molecule has 0 saturated heterocycles. The molecule has 1 N–H and O–H groups in total. The average Bonchev–Trinajstić information content (AvgIpc) is 2.72. The van der Waals surface area contributed by atoms with E-state index in [1.54, 1.807) is 18.4 Å². The minimum atomic E-state index is 0.676. The van der Waals surface area contributed by atoms with E-state index in [2.05, 4.69) is 10.3 Å². The minimum absolute atomic E-state index is 0.676. The van der Waals surface area contributed by atoms with E-state index in [9.17, 15) is 0 Å². The van der Waals surface area contributed by atoms with Gasteiger partial charge in [-0.15, -0.1) is 0 Å². The summed E-state index contributed by atoms with van der Waals surface area (Å²) in [4.78, 5) is 5.67. The van der Waals surface area contributed by atoms with E-state index in [1.165, 1.54) is 4.88 Å². The van der Waals surface area contributed by atoms with Crippen LogP contribution in [0.25, 0.3) is 10.4 Å². The molecule has 0 unspecified atom stereocenters. The van der Waals surface area contributed by atoms with E-state index in [1.807, 2.05) is 31.2 Å². The van der Waals surface area contributed by atoms with E-state index in [-0.39, 0.29) is 0 Å². The number of aryl methyl sites for hydroxylation is 1. The number of methoxy groups -OCH3 is 1. The van der Waals surface area contributed by atoms with Gasteiger partial charge in [0.05, 0.1) is 17.2 Å². The lowest BCUT2D eigenvalue weighted by Gasteiger charge is -2.00. The monoisotopic (exact) mass is 282 g/mol. The number of ether oxygens (including phenoxy) is 1. The van der Waals surface area contributed by atoms with Gasteiger partial charge >= 0.3 is 0 Å². The molecule has 1 aromatic heterocycles. The maximum absolute atomic E-state index is 5.89. The van der Waals surface area contributed by atoms with Gasteiger partial charge in [-0.2, -0.15) is 0 Å². The maximum Gasteiger partial charge on any atom is 0.183 e. The standard InChI is InChI=1S/C13H15ClN2OS/c1-9-12(10-3-5-11(14)6-4-10)18-13(16-9)15-7-8-17-2/h3-6H,7-8H2,1-2H3,(H,15,16). The number of hydrogen-bond donors (Lipinski definition) is 1. The summed E-state index contributed by atoms with van der Waals surface area (Å²) >= 11 is 7.54. The quantitative estimate of drug-likeness (QED) is 0.846. The molecule has 0 radical (unpaired) electrons. The van der Waals surface area contributed by atoms with Crippen LogP contribution in [-0.2, 0) is 4.74 Å². The highest BCUT2D eigenvalue weighted by Crippen LogP contribution is 2.33. The first kappa shape index (κ1) is 13.3. The molecule has 18 heavy (non-hydrogen) atoms. The van der Waals surface area contributed by atoms with Crippen LogP contribution < -0.4 is 5.32 Å². The second-order valence-corrected chi connectivity index (χ2v) is 5.30. The molecule has 0 bridgehead atoms. The van der Waals surface area contributed by atoms with E-state index in [4.69, 9.17) is 16.3 Å². The summed E-state index contributed by atoms with van der Waals surface area (Å²) < 4.78 is 5.00. The smallest absolute Gasteiger partial charge is 0.183 e. The molecule has 0 saturated carbocycles. The summed E-state index contributed by atoms with van der Waals surface area (Å²) in [6.45, 7) is 3.46. The highest BCUT2D eigenvalue weighted by Gasteiger charge is 2.09. The van der Waals surface area contributed by atoms with Crippen LogP contribution in [0, 0.1) is 6.92 Å². The van der Waals surface area contributed by atoms with Gasteiger partial charge in [-0.05, 0) is 24.6 Å². The number of thiazole rings is 1. The Morgan fingerprint density at radius 1 is 1.33 bits per heavy atom. The van der Waals surface area contributed by atoms with Crippen molar-refractivity contribution in [3.63, 3.8) is 0 Å². The van der Waals surface area contributed by atoms with E-state index in [0.717, 1.165) is 28.0 Å². The number of anilines is 1. The molecule has 1 aromatic carbocycles. The van der Waals surface area contributed by atoms with Crippen molar-refractivity contribution in [3.05, 3.63) is 35.0 Å². The van der Waals surface area contributed by atoms with Gasteiger partial charge in [0.25, 0.3) is 0 Å². The predicted octanol–water partition coefficient (Wildman–Crippen LogP) is 3.83. The fourth-order valence-electron chi connectivity index (χ4n) is 1.60. The van der Waals surface area contributed by atoms with Gasteiger partial charge in [-0.1, -0.05) is 35.1 Å². The molecule has 0 aliphatic rings. The number of aromatic nitrogens is 1. The van der Waals surface area contributed by atoms with Crippen molar-refractivity contribution in [1.29, 1.82) is 0 Å². The summed E-state index contributed by atoms with van der Waals surface area (Å²) in [7, 11) is 1.69. The fraction of sp³-hybridized carbons (Fsp3) is 0.308. The molecule has 5 heteroatoms. The van der Waals surface area contributed by atoms with Crippen LogP contribution in [-0.4, -0.2) is 25.2 Å². The zero-order chi connectivity index (χ0) is 13.0. The largest absolute Gasteiger partial charge is 0.383 e. The first-order valence-corrected chi connectivity index (χ1v) is 6.86. The number of nitrogens with one attached hydrogen (secondary N) is 1. The van der Waals surface area contributed by atoms with E-state index in [0.29, 0.717) is 6.61 Å². The highest BCUT2D eigenvalue weighted by molar-refractivity contribution is 7.19. The van der Waals surface area contributed by atoms with Gasteiger partial charge in [-0.25, -0.2) is 4.98 Å². The highest BCUT2D eigenvalue weighted by atomic mass is 35.5. The number of halogens is 1. The third-order valence-corrected chi connectivity index (χ3v) is 3.90. The second-order valence-electron chi connectivity index (χ2n) is 3.86. The number of nitrogens with zero attached hydrogens (tertiary/aromatic N) is 1. The van der Waals surface area contributed by atoms with Gasteiger partial charge in [0, 0.05) is 18.7 Å². The van der Waals surface area contributed by atoms with Crippen molar-refractivity contribution >= 4 is 28.1 Å². The molecule has 0 amide bonds. The van der Waals surface area contributed by atoms with Gasteiger partial charge in [0.2, 0.25) is 0 Å². The zero-order valence-electron chi connectivity index (χ0n) is 10.4. The lowest BCUT2D eigenvalue weighted by Crippen LogP contribution is -2.06. The Kier molecular flexibility index (Phi) is 4.58. The molecule has 0 atom stereocenters. The minimum Gasteiger partial charge on any atom is -0.383 e. The Bertz CT molecular complexity index is 510. The Labute approximate surface area is 116 Å². The molecule has 0 spiro atoms. The summed E-state index contributed by atoms with van der Waals surface area (Å²) in [6.07, 6.45) is 0. The molecule has 0 aliphatic carbocycles. The van der Waals surface area contributed by atoms with Gasteiger partial charge in [0.15, 0.2) is 5.13 Å². The van der Waals surface area contributed by atoms with Gasteiger partial charge in [0.1, 0.15) is 0 Å². The second kappa shape index (κ2) is 6.18. The SMILES string of the molecule is COCCNc1nc(C)c(-c2ccc(Cl)cc2)s1. The van der Waals surface area contributed by atoms with Crippen molar-refractivity contribution in [2.75, 3.05) is 25.6 Å². The first-order chi connectivity index (χ1) is 8.70. The van der Waals surface area contributed by atoms with Crippen LogP contribution in [0.15, 0.2) is 24.3 Å². The molecule has 1 heterocycles. The Balaban J connectivity index is 2.16. The summed E-state index contributed by atoms with van der Waals surface area (Å²) in [5.74, 6) is 0. The molecule has 3 nitrogen and oxygen atoms in total. The molecule has 2 aromatic rings. The van der Waals surface area contributed by atoms with Gasteiger partial charge in [-0.3, -0.25) is 0 Å². The Morgan fingerprint density at radius 3 is 2.72 bits per heavy atom. The lowest BCUT2D eigenvalue weighted by molar-refractivity contribution is 0.211. The summed E-state index contributed by atoms with van der Waals surface area (Å²) in [5, 5.41) is 4.92. The van der Waals surface area contributed by atoms with Crippen LogP contribution >= 0.6 is 22.9 Å². The van der Waals surface area contributed by atoms with Crippen molar-refractivity contribution < 1.29 is 4.74 Å². The van der Waals surface area contributed by atoms with Crippen molar-refractivity contribution in [2.24, 2.45) is 0 Å². The van der Waals surface area contributed by atoms with Crippen molar-refractivity contribution in [1.82, 2.24) is 4.98 Å². The fourth-order valence-corrected chi connectivity index (χ4v) is 2.72. The van der Waals surface area contributed by atoms with E-state index < -0.39 is 0 Å². The summed E-state index contributed by atoms with van der Waals surface area (Å²) in [6, 6.07) is 7.83. The zero-order valence-corrected chi connectivity index (χ0v) is 11.9. The normalized spacial score (nSPS) is 10.6. The predicted molar refractivity (Wildman–Crippen MR) is 77.7 cm³/mol. The number of benzene rings is 1. The molecule has 0 fully saturated rings. The maximum atomic E-state index is 5.89. The summed E-state index contributed by atoms with van der Waals surface area (Å²) in [5.41, 5.74) is 2.18. The van der Waals surface area contributed by atoms with Crippen LogP contribution in [0.5, 0.6) is 0 Å². The van der Waals surface area contributed by atoms with Crippen LogP contribution in [0.3, 0.4) is 0 Å². The third kappa shape index (κ3) is 3.22. The molecule has 0 aliphatic heterocycles. The molecule has 2 rings (SSSR count). The molecular weight excluding hydrogens is 268 g/mol. The Hall–Kier alpha value is -1.10. The number of hydrogen-bond acceptors (Lipinski definition) is 4. The average molecular weight is 283 g/mol. The molecular formula is C13H15ClN2OS. The third-order valence-electron chi connectivity index (χ3n) is 2.49. The Morgan fingerprint density at radius 2 is 2.06 bits per heavy atom. The van der Waals surface area contributed by atoms with E-state index >= 15 is 0 Å². The van der Waals surface area contributed by atoms with Crippen molar-refractivity contribution in [3.8, 4) is 10.4 Å². The van der Waals surface area contributed by atoms with Crippen molar-refractivity contribution in [2.45, 2.75) is 6.92 Å². The first-order valence-electron chi connectivity index (χ1n) is 5.67. The lowest BCUT2D eigenvalue weighted by atomic mass is 10.2. The number of rotatable bonds is 5. The van der Waals surface area contributed by atoms with Crippen LogP contribution in [0.2, 0.25) is 5.02 Å². The van der Waals surface area contributed by atoms with Crippen LogP contribution in [0.4, 0.5) is 5.13 Å². The van der Waals surface area contributed by atoms with Gasteiger partial charge < -0.3 is 10.1 Å². The topological polar surface area (TPSA) is 34.1 Å². The van der Waals surface area contributed by atoms with Crippen LogP contribution in [0.1, 0.15) is 5.69 Å².